The summed E-state index contributed by atoms with van der Waals surface area (Å²) in [5.74, 6) is -1.02. The number of rotatable bonds is 9. The average molecular weight is 534 g/mol. The first-order valence-electron chi connectivity index (χ1n) is 11.5. The molecule has 3 aromatic rings. The van der Waals surface area contributed by atoms with Crippen LogP contribution in [0.15, 0.2) is 71.2 Å². The molecule has 6 nitrogen and oxygen atoms in total. The minimum absolute atomic E-state index is 0.0494. The largest absolute Gasteiger partial charge is 0.481 e. The van der Waals surface area contributed by atoms with Gasteiger partial charge < -0.3 is 20.6 Å². The molecule has 0 unspecified atom stereocenters. The molecule has 1 aliphatic rings. The van der Waals surface area contributed by atoms with E-state index < -0.39 is 5.97 Å². The second-order valence-corrected chi connectivity index (χ2v) is 9.56. The number of carbonyl (C=O) groups excluding carboxylic acids is 1. The van der Waals surface area contributed by atoms with Gasteiger partial charge in [-0.1, -0.05) is 59.3 Å². The average Bonchev–Trinajstić information content (AvgIpc) is 3.16. The summed E-state index contributed by atoms with van der Waals surface area (Å²) < 4.78 is 0.885. The number of aryl methyl sites for hydroxylation is 1. The number of benzene rings is 3. The van der Waals surface area contributed by atoms with Gasteiger partial charge in [0.15, 0.2) is 0 Å². The van der Waals surface area contributed by atoms with Gasteiger partial charge in [-0.2, -0.15) is 0 Å². The van der Waals surface area contributed by atoms with E-state index in [0.29, 0.717) is 17.7 Å². The number of nitrogens with one attached hydrogen (secondary N) is 2. The maximum Gasteiger partial charge on any atom is 0.303 e. The molecule has 7 heteroatoms. The van der Waals surface area contributed by atoms with E-state index in [2.05, 4.69) is 57.6 Å². The van der Waals surface area contributed by atoms with E-state index >= 15 is 0 Å². The molecule has 1 heterocycles. The molecule has 1 amide bonds. The third kappa shape index (κ3) is 5.99. The standard InChI is InChI=1S/C28H28BrN3O3/c1-3-32(2)17-19-7-11-22(12-8-19)30-27(20-6-4-5-18(15-20)9-14-25(33)34)26-23-13-10-21(29)16-24(23)31-28(26)35/h4-8,10-13,15-16,30H,3,9,14,17H2,1-2H3,(H,31,35)(H,33,34)/b27-26-. The van der Waals surface area contributed by atoms with Crippen molar-refractivity contribution in [3.8, 4) is 0 Å². The number of nitrogens with zero attached hydrogens (tertiary/aromatic N) is 1. The number of amides is 1. The van der Waals surface area contributed by atoms with Crippen molar-refractivity contribution in [2.24, 2.45) is 0 Å². The number of hydrogen-bond acceptors (Lipinski definition) is 4. The topological polar surface area (TPSA) is 81.7 Å². The summed E-state index contributed by atoms with van der Waals surface area (Å²) in [6, 6.07) is 21.6. The fourth-order valence-corrected chi connectivity index (χ4v) is 4.43. The van der Waals surface area contributed by atoms with Gasteiger partial charge in [0.25, 0.3) is 5.91 Å². The molecule has 0 saturated carbocycles. The minimum atomic E-state index is -0.837. The zero-order valence-corrected chi connectivity index (χ0v) is 21.4. The van der Waals surface area contributed by atoms with Gasteiger partial charge in [0, 0.05) is 28.7 Å². The Kier molecular flexibility index (Phi) is 7.68. The van der Waals surface area contributed by atoms with Gasteiger partial charge in [-0.15, -0.1) is 0 Å². The van der Waals surface area contributed by atoms with Crippen LogP contribution in [0.3, 0.4) is 0 Å². The predicted molar refractivity (Wildman–Crippen MR) is 144 cm³/mol. The van der Waals surface area contributed by atoms with Crippen LogP contribution >= 0.6 is 15.9 Å². The summed E-state index contributed by atoms with van der Waals surface area (Å²) in [4.78, 5) is 26.5. The number of hydrogen-bond donors (Lipinski definition) is 3. The number of carboxylic acids is 1. The van der Waals surface area contributed by atoms with E-state index in [9.17, 15) is 9.59 Å². The molecule has 0 spiro atoms. The van der Waals surface area contributed by atoms with Gasteiger partial charge in [-0.25, -0.2) is 0 Å². The third-order valence-corrected chi connectivity index (χ3v) is 6.53. The maximum atomic E-state index is 13.1. The maximum absolute atomic E-state index is 13.1. The monoisotopic (exact) mass is 533 g/mol. The minimum Gasteiger partial charge on any atom is -0.481 e. The molecular formula is C28H28BrN3O3. The Morgan fingerprint density at radius 3 is 2.54 bits per heavy atom. The van der Waals surface area contributed by atoms with Crippen LogP contribution < -0.4 is 10.6 Å². The van der Waals surface area contributed by atoms with E-state index in [1.165, 1.54) is 5.56 Å². The van der Waals surface area contributed by atoms with Gasteiger partial charge in [-0.05, 0) is 67.0 Å². The molecule has 0 fully saturated rings. The molecule has 3 aromatic carbocycles. The molecule has 3 N–H and O–H groups in total. The lowest BCUT2D eigenvalue weighted by atomic mass is 9.97. The van der Waals surface area contributed by atoms with Crippen LogP contribution in [0.1, 0.15) is 35.6 Å². The second kappa shape index (κ2) is 10.9. The quantitative estimate of drug-likeness (QED) is 0.300. The van der Waals surface area contributed by atoms with Crippen molar-refractivity contribution < 1.29 is 14.7 Å². The molecule has 0 aliphatic carbocycles. The highest BCUT2D eigenvalue weighted by atomic mass is 79.9. The van der Waals surface area contributed by atoms with Crippen LogP contribution in [0.2, 0.25) is 0 Å². The lowest BCUT2D eigenvalue weighted by Gasteiger charge is -2.17. The highest BCUT2D eigenvalue weighted by molar-refractivity contribution is 9.10. The SMILES string of the molecule is CCN(C)Cc1ccc(N/C(=C2\C(=O)Nc3cc(Br)ccc32)c2cccc(CCC(=O)O)c2)cc1. The highest BCUT2D eigenvalue weighted by Gasteiger charge is 2.28. The van der Waals surface area contributed by atoms with Crippen molar-refractivity contribution in [2.75, 3.05) is 24.2 Å². The number of halogens is 1. The number of anilines is 2. The van der Waals surface area contributed by atoms with E-state index in [1.807, 2.05) is 54.6 Å². The molecule has 4 rings (SSSR count). The molecule has 0 saturated heterocycles. The Hall–Kier alpha value is -3.42. The van der Waals surface area contributed by atoms with Crippen molar-refractivity contribution in [3.63, 3.8) is 0 Å². The van der Waals surface area contributed by atoms with Gasteiger partial charge in [0.1, 0.15) is 0 Å². The molecular weight excluding hydrogens is 506 g/mol. The van der Waals surface area contributed by atoms with Crippen LogP contribution in [0.4, 0.5) is 11.4 Å². The first-order chi connectivity index (χ1) is 16.8. The summed E-state index contributed by atoms with van der Waals surface area (Å²) in [7, 11) is 2.08. The number of carboxylic acid groups (broad SMARTS) is 1. The lowest BCUT2D eigenvalue weighted by Crippen LogP contribution is -2.16. The van der Waals surface area contributed by atoms with E-state index in [-0.39, 0.29) is 12.3 Å². The molecule has 35 heavy (non-hydrogen) atoms. The molecule has 0 bridgehead atoms. The van der Waals surface area contributed by atoms with Crippen molar-refractivity contribution in [3.05, 3.63) is 93.5 Å². The fourth-order valence-electron chi connectivity index (χ4n) is 4.07. The van der Waals surface area contributed by atoms with Crippen LogP contribution in [0, 0.1) is 0 Å². The van der Waals surface area contributed by atoms with Crippen LogP contribution in [0.25, 0.3) is 11.3 Å². The predicted octanol–water partition coefficient (Wildman–Crippen LogP) is 5.85. The molecule has 0 aromatic heterocycles. The summed E-state index contributed by atoms with van der Waals surface area (Å²) in [5, 5.41) is 15.6. The zero-order valence-electron chi connectivity index (χ0n) is 19.8. The van der Waals surface area contributed by atoms with E-state index in [1.54, 1.807) is 0 Å². The fraction of sp³-hybridized carbons (Fsp3) is 0.214. The third-order valence-electron chi connectivity index (χ3n) is 6.04. The van der Waals surface area contributed by atoms with Crippen molar-refractivity contribution in [2.45, 2.75) is 26.3 Å². The van der Waals surface area contributed by atoms with Gasteiger partial charge in [-0.3, -0.25) is 9.59 Å². The summed E-state index contributed by atoms with van der Waals surface area (Å²) >= 11 is 3.47. The first-order valence-corrected chi connectivity index (χ1v) is 12.3. The smallest absolute Gasteiger partial charge is 0.303 e. The normalized spacial score (nSPS) is 14.0. The van der Waals surface area contributed by atoms with Gasteiger partial charge in [0.05, 0.1) is 17.0 Å². The van der Waals surface area contributed by atoms with Crippen LogP contribution in [0.5, 0.6) is 0 Å². The summed E-state index contributed by atoms with van der Waals surface area (Å²) in [5.41, 5.74) is 6.59. The summed E-state index contributed by atoms with van der Waals surface area (Å²) in [6.07, 6.45) is 0.467. The number of fused-ring (bicyclic) bond motifs is 1. The van der Waals surface area contributed by atoms with Crippen molar-refractivity contribution in [1.82, 2.24) is 4.90 Å². The van der Waals surface area contributed by atoms with E-state index in [4.69, 9.17) is 5.11 Å². The van der Waals surface area contributed by atoms with Gasteiger partial charge in [0.2, 0.25) is 0 Å². The highest BCUT2D eigenvalue weighted by Crippen LogP contribution is 2.39. The molecule has 0 atom stereocenters. The van der Waals surface area contributed by atoms with Crippen molar-refractivity contribution >= 4 is 50.5 Å². The van der Waals surface area contributed by atoms with Crippen molar-refractivity contribution in [1.29, 1.82) is 0 Å². The zero-order chi connectivity index (χ0) is 24.9. The molecule has 1 aliphatic heterocycles. The van der Waals surface area contributed by atoms with Crippen LogP contribution in [-0.4, -0.2) is 35.5 Å². The lowest BCUT2D eigenvalue weighted by molar-refractivity contribution is -0.137. The Bertz CT molecular complexity index is 1280. The molecule has 180 valence electrons. The number of carbonyl (C=O) groups is 2. The first kappa shape index (κ1) is 24.7. The Morgan fingerprint density at radius 2 is 1.83 bits per heavy atom. The van der Waals surface area contributed by atoms with E-state index in [0.717, 1.165) is 45.6 Å². The second-order valence-electron chi connectivity index (χ2n) is 8.64. The number of aliphatic carboxylic acids is 1. The summed E-state index contributed by atoms with van der Waals surface area (Å²) in [6.45, 7) is 3.96. The van der Waals surface area contributed by atoms with Crippen LogP contribution in [-0.2, 0) is 22.6 Å². The molecule has 0 radical (unpaired) electrons. The Labute approximate surface area is 213 Å². The Morgan fingerprint density at radius 1 is 1.06 bits per heavy atom. The van der Waals surface area contributed by atoms with Gasteiger partial charge >= 0.3 is 5.97 Å². The Balaban J connectivity index is 1.76.